The first-order valence-corrected chi connectivity index (χ1v) is 10.5. The molecule has 0 saturated carbocycles. The quantitative estimate of drug-likeness (QED) is 0.684. The smallest absolute Gasteiger partial charge is 0.318 e. The van der Waals surface area contributed by atoms with Crippen molar-refractivity contribution < 1.29 is 9.68 Å². The fourth-order valence-corrected chi connectivity index (χ4v) is 4.86. The summed E-state index contributed by atoms with van der Waals surface area (Å²) >= 11 is 0. The van der Waals surface area contributed by atoms with Crippen LogP contribution in [-0.4, -0.2) is 38.0 Å². The largest absolute Gasteiger partial charge is 0.346 e. The third-order valence-electron chi connectivity index (χ3n) is 6.49. The summed E-state index contributed by atoms with van der Waals surface area (Å²) in [6, 6.07) is 17.6. The number of amidine groups is 1. The molecule has 2 aliphatic rings. The van der Waals surface area contributed by atoms with Gasteiger partial charge in [0.2, 0.25) is 5.69 Å². The Morgan fingerprint density at radius 3 is 2.43 bits per heavy atom. The number of aryl methyl sites for hydroxylation is 1. The lowest BCUT2D eigenvalue weighted by molar-refractivity contribution is -0.526. The minimum Gasteiger partial charge on any atom is -0.346 e. The van der Waals surface area contributed by atoms with Crippen molar-refractivity contribution >= 4 is 11.5 Å². The summed E-state index contributed by atoms with van der Waals surface area (Å²) in [5.74, 6) is 1.03. The average molecular weight is 404 g/mol. The second kappa shape index (κ2) is 6.71. The van der Waals surface area contributed by atoms with Crippen LogP contribution < -0.4 is 10.5 Å². The van der Waals surface area contributed by atoms with Crippen LogP contribution in [0, 0.1) is 13.8 Å². The summed E-state index contributed by atoms with van der Waals surface area (Å²) in [7, 11) is 1.89. The number of rotatable bonds is 3. The van der Waals surface area contributed by atoms with Crippen molar-refractivity contribution in [3.05, 3.63) is 81.8 Å². The van der Waals surface area contributed by atoms with E-state index in [9.17, 15) is 9.90 Å². The molecule has 1 unspecified atom stereocenters. The average Bonchev–Trinajstić information content (AvgIpc) is 3.35. The van der Waals surface area contributed by atoms with Crippen molar-refractivity contribution in [1.29, 1.82) is 0 Å². The molecule has 6 heteroatoms. The lowest BCUT2D eigenvalue weighted by atomic mass is 9.99. The van der Waals surface area contributed by atoms with Gasteiger partial charge in [0, 0.05) is 12.6 Å². The van der Waals surface area contributed by atoms with Crippen LogP contribution in [0.15, 0.2) is 59.4 Å². The van der Waals surface area contributed by atoms with E-state index in [0.717, 1.165) is 47.7 Å². The Morgan fingerprint density at radius 2 is 1.73 bits per heavy atom. The van der Waals surface area contributed by atoms with Gasteiger partial charge >= 0.3 is 5.56 Å². The fraction of sp³-hybridized carbons (Fsp3) is 0.333. The van der Waals surface area contributed by atoms with Gasteiger partial charge in [0.1, 0.15) is 0 Å². The molecule has 1 N–H and O–H groups in total. The topological polar surface area (TPSA) is 53.4 Å². The maximum absolute atomic E-state index is 13.7. The van der Waals surface area contributed by atoms with Gasteiger partial charge in [-0.3, -0.25) is 14.1 Å². The second-order valence-electron chi connectivity index (χ2n) is 8.37. The van der Waals surface area contributed by atoms with Crippen LogP contribution in [0.2, 0.25) is 0 Å². The van der Waals surface area contributed by atoms with Crippen molar-refractivity contribution in [2.75, 3.05) is 18.0 Å². The summed E-state index contributed by atoms with van der Waals surface area (Å²) in [5, 5.41) is 12.0. The Labute approximate surface area is 175 Å². The molecule has 2 aromatic carbocycles. The van der Waals surface area contributed by atoms with E-state index in [1.807, 2.05) is 85.1 Å². The second-order valence-corrected chi connectivity index (χ2v) is 8.37. The van der Waals surface area contributed by atoms with Crippen molar-refractivity contribution in [2.45, 2.75) is 32.4 Å². The van der Waals surface area contributed by atoms with Crippen molar-refractivity contribution in [3.8, 4) is 5.69 Å². The van der Waals surface area contributed by atoms with Gasteiger partial charge in [-0.25, -0.2) is 4.68 Å². The Kier molecular flexibility index (Phi) is 4.22. The highest BCUT2D eigenvalue weighted by Gasteiger charge is 2.57. The van der Waals surface area contributed by atoms with Gasteiger partial charge in [-0.2, -0.15) is 4.90 Å². The molecule has 0 saturated heterocycles. The van der Waals surface area contributed by atoms with E-state index < -0.39 is 5.72 Å². The lowest BCUT2D eigenvalue weighted by Crippen LogP contribution is -2.49. The molecule has 6 nitrogen and oxygen atoms in total. The molecule has 2 aliphatic heterocycles. The molecule has 0 bridgehead atoms. The van der Waals surface area contributed by atoms with Crippen molar-refractivity contribution in [3.63, 3.8) is 0 Å². The van der Waals surface area contributed by atoms with E-state index >= 15 is 0 Å². The highest BCUT2D eigenvalue weighted by molar-refractivity contribution is 5.98. The maximum Gasteiger partial charge on any atom is 0.318 e. The Hall–Kier alpha value is -3.12. The van der Waals surface area contributed by atoms with Crippen molar-refractivity contribution in [1.82, 2.24) is 9.36 Å². The van der Waals surface area contributed by atoms with Crippen LogP contribution in [0.4, 0.5) is 5.69 Å². The molecular weight excluding hydrogens is 376 g/mol. The monoisotopic (exact) mass is 403 g/mol. The van der Waals surface area contributed by atoms with Crippen LogP contribution in [0.1, 0.15) is 29.7 Å². The number of hydrogen-bond acceptors (Lipinski definition) is 3. The fourth-order valence-electron chi connectivity index (χ4n) is 4.86. The zero-order valence-electron chi connectivity index (χ0n) is 17.7. The number of anilines is 1. The zero-order valence-corrected chi connectivity index (χ0v) is 17.7. The van der Waals surface area contributed by atoms with Crippen LogP contribution in [0.5, 0.6) is 0 Å². The van der Waals surface area contributed by atoms with Crippen LogP contribution in [0.25, 0.3) is 5.69 Å². The highest BCUT2D eigenvalue weighted by atomic mass is 16.3. The molecule has 5 rings (SSSR count). The normalized spacial score (nSPS) is 20.9. The molecular formula is C24H27N4O2+. The van der Waals surface area contributed by atoms with Gasteiger partial charge in [-0.1, -0.05) is 48.0 Å². The molecule has 1 atom stereocenters. The van der Waals surface area contributed by atoms with Gasteiger partial charge in [0.15, 0.2) is 6.54 Å². The van der Waals surface area contributed by atoms with E-state index in [2.05, 4.69) is 4.58 Å². The number of aliphatic hydroxyl groups is 1. The van der Waals surface area contributed by atoms with Crippen LogP contribution in [-0.2, 0) is 12.8 Å². The molecule has 0 radical (unpaired) electrons. The summed E-state index contributed by atoms with van der Waals surface area (Å²) in [6.07, 6.45) is 1.89. The third-order valence-corrected chi connectivity index (χ3v) is 6.49. The van der Waals surface area contributed by atoms with Gasteiger partial charge < -0.3 is 5.11 Å². The van der Waals surface area contributed by atoms with E-state index in [4.69, 9.17) is 0 Å². The molecule has 0 spiro atoms. The minimum atomic E-state index is -1.27. The third kappa shape index (κ3) is 2.60. The number of para-hydroxylation sites is 1. The Morgan fingerprint density at radius 1 is 1.03 bits per heavy atom. The summed E-state index contributed by atoms with van der Waals surface area (Å²) < 4.78 is 5.78. The predicted molar refractivity (Wildman–Crippen MR) is 118 cm³/mol. The lowest BCUT2D eigenvalue weighted by Gasteiger charge is -2.28. The first-order valence-electron chi connectivity index (χ1n) is 10.5. The number of aromatic nitrogens is 2. The van der Waals surface area contributed by atoms with Gasteiger partial charge in [-0.05, 0) is 32.4 Å². The molecule has 0 aliphatic carbocycles. The first-order chi connectivity index (χ1) is 14.4. The minimum absolute atomic E-state index is 0.118. The van der Waals surface area contributed by atoms with Crippen LogP contribution >= 0.6 is 0 Å². The maximum atomic E-state index is 13.7. The SMILES string of the molecule is Cc1ccc(C2(O)C[N+]3=C(CCC3)N2c2c(C)n(C)n(-c3ccccc3)c2=O)cc1. The highest BCUT2D eigenvalue weighted by Crippen LogP contribution is 2.38. The molecule has 0 amide bonds. The molecule has 30 heavy (non-hydrogen) atoms. The summed E-state index contributed by atoms with van der Waals surface area (Å²) in [5.41, 5.74) is 2.74. The van der Waals surface area contributed by atoms with Crippen molar-refractivity contribution in [2.24, 2.45) is 7.05 Å². The number of nitrogens with zero attached hydrogens (tertiary/aromatic N) is 4. The molecule has 0 fully saturated rings. The number of benzene rings is 2. The van der Waals surface area contributed by atoms with E-state index in [1.165, 1.54) is 0 Å². The summed E-state index contributed by atoms with van der Waals surface area (Å²) in [6.45, 7) is 5.35. The molecule has 154 valence electrons. The Balaban J connectivity index is 1.73. The number of hydrogen-bond donors (Lipinski definition) is 1. The molecule has 3 heterocycles. The first kappa shape index (κ1) is 18.9. The predicted octanol–water partition coefficient (Wildman–Crippen LogP) is 2.66. The Bertz CT molecular complexity index is 1200. The molecule has 3 aromatic rings. The zero-order chi connectivity index (χ0) is 21.0. The van der Waals surface area contributed by atoms with Gasteiger partial charge in [-0.15, -0.1) is 0 Å². The van der Waals surface area contributed by atoms with E-state index in [1.54, 1.807) is 4.68 Å². The standard InChI is InChI=1S/C24H27N4O2/c1-17-11-13-19(14-12-17)24(30)16-26-15-7-10-21(26)27(24)22-18(2)25(3)28(23(22)29)20-8-5-4-6-9-20/h4-6,8-9,11-14,30H,7,10,15-16H2,1-3H3/q+1. The van der Waals surface area contributed by atoms with E-state index in [0.29, 0.717) is 12.2 Å². The van der Waals surface area contributed by atoms with E-state index in [-0.39, 0.29) is 5.56 Å². The summed E-state index contributed by atoms with van der Waals surface area (Å²) in [4.78, 5) is 15.6. The van der Waals surface area contributed by atoms with Gasteiger partial charge in [0.05, 0.1) is 24.3 Å². The van der Waals surface area contributed by atoms with Gasteiger partial charge in [0.25, 0.3) is 11.6 Å². The van der Waals surface area contributed by atoms with Crippen LogP contribution in [0.3, 0.4) is 0 Å². The molecule has 1 aromatic heterocycles.